The molecule has 0 bridgehead atoms. The number of urea groups is 1. The zero-order valence-corrected chi connectivity index (χ0v) is 14.1. The second kappa shape index (κ2) is 7.05. The van der Waals surface area contributed by atoms with E-state index in [0.717, 1.165) is 5.56 Å². The molecule has 1 saturated heterocycles. The Kier molecular flexibility index (Phi) is 4.85. The maximum absolute atomic E-state index is 12.6. The molecule has 3 rings (SSSR count). The van der Waals surface area contributed by atoms with Crippen LogP contribution in [0.3, 0.4) is 0 Å². The number of amides is 2. The minimum Gasteiger partial charge on any atom is -0.334 e. The lowest BCUT2D eigenvalue weighted by Crippen LogP contribution is -2.39. The van der Waals surface area contributed by atoms with Gasteiger partial charge in [-0.1, -0.05) is 48.5 Å². The van der Waals surface area contributed by atoms with Crippen molar-refractivity contribution in [1.82, 2.24) is 10.2 Å². The highest BCUT2D eigenvalue weighted by molar-refractivity contribution is 7.92. The zero-order valence-electron chi connectivity index (χ0n) is 13.3. The van der Waals surface area contributed by atoms with Crippen LogP contribution in [0.1, 0.15) is 12.0 Å². The summed E-state index contributed by atoms with van der Waals surface area (Å²) in [7, 11) is -3.39. The molecule has 2 amide bonds. The summed E-state index contributed by atoms with van der Waals surface area (Å²) in [4.78, 5) is 14.1. The van der Waals surface area contributed by atoms with Crippen molar-refractivity contribution in [1.29, 1.82) is 0 Å². The lowest BCUT2D eigenvalue weighted by atomic mass is 10.2. The van der Waals surface area contributed by atoms with Crippen molar-refractivity contribution in [2.75, 3.05) is 13.1 Å². The Labute approximate surface area is 142 Å². The van der Waals surface area contributed by atoms with E-state index in [2.05, 4.69) is 5.32 Å². The third-order valence-electron chi connectivity index (χ3n) is 4.23. The molecule has 1 aliphatic rings. The van der Waals surface area contributed by atoms with Crippen LogP contribution in [0, 0.1) is 0 Å². The molecule has 1 fully saturated rings. The normalized spacial score (nSPS) is 17.7. The van der Waals surface area contributed by atoms with Gasteiger partial charge in [-0.25, -0.2) is 13.2 Å². The number of carbonyl (C=O) groups is 1. The van der Waals surface area contributed by atoms with Crippen LogP contribution in [-0.4, -0.2) is 37.7 Å². The molecular formula is C18H20N2O3S. The van der Waals surface area contributed by atoms with Gasteiger partial charge in [0.15, 0.2) is 9.84 Å². The molecule has 0 spiro atoms. The van der Waals surface area contributed by atoms with Crippen LogP contribution in [0.5, 0.6) is 0 Å². The molecule has 5 nitrogen and oxygen atoms in total. The molecule has 1 N–H and O–H groups in total. The molecule has 0 aromatic heterocycles. The van der Waals surface area contributed by atoms with E-state index in [1.165, 1.54) is 0 Å². The van der Waals surface area contributed by atoms with Crippen LogP contribution >= 0.6 is 0 Å². The Bertz CT molecular complexity index is 792. The molecule has 1 atom stereocenters. The van der Waals surface area contributed by atoms with Crippen LogP contribution in [0.25, 0.3) is 0 Å². The fraction of sp³-hybridized carbons (Fsp3) is 0.278. The smallest absolute Gasteiger partial charge is 0.317 e. The number of hydrogen-bond acceptors (Lipinski definition) is 3. The first-order chi connectivity index (χ1) is 11.6. The van der Waals surface area contributed by atoms with Gasteiger partial charge in [-0.2, -0.15) is 0 Å². The molecule has 2 aromatic carbocycles. The molecule has 6 heteroatoms. The van der Waals surface area contributed by atoms with Gasteiger partial charge in [-0.3, -0.25) is 0 Å². The van der Waals surface area contributed by atoms with Crippen LogP contribution in [-0.2, 0) is 16.4 Å². The SMILES string of the molecule is O=C(NCc1ccccc1)N1CC[C@H](S(=O)(=O)c2ccccc2)C1. The maximum Gasteiger partial charge on any atom is 0.317 e. The van der Waals surface area contributed by atoms with E-state index >= 15 is 0 Å². The minimum absolute atomic E-state index is 0.218. The molecule has 0 unspecified atom stereocenters. The second-order valence-corrected chi connectivity index (χ2v) is 8.09. The Morgan fingerprint density at radius 1 is 1.04 bits per heavy atom. The highest BCUT2D eigenvalue weighted by Crippen LogP contribution is 2.23. The van der Waals surface area contributed by atoms with Gasteiger partial charge in [0.05, 0.1) is 10.1 Å². The molecule has 24 heavy (non-hydrogen) atoms. The van der Waals surface area contributed by atoms with Crippen molar-refractivity contribution in [3.8, 4) is 0 Å². The molecular weight excluding hydrogens is 324 g/mol. The highest BCUT2D eigenvalue weighted by Gasteiger charge is 2.35. The van der Waals surface area contributed by atoms with Gasteiger partial charge in [0.1, 0.15) is 0 Å². The van der Waals surface area contributed by atoms with Crippen molar-refractivity contribution >= 4 is 15.9 Å². The Balaban J connectivity index is 1.60. The van der Waals surface area contributed by atoms with Crippen LogP contribution in [0.4, 0.5) is 4.79 Å². The Morgan fingerprint density at radius 3 is 2.33 bits per heavy atom. The van der Waals surface area contributed by atoms with Gasteiger partial charge in [0, 0.05) is 19.6 Å². The summed E-state index contributed by atoms with van der Waals surface area (Å²) < 4.78 is 25.2. The van der Waals surface area contributed by atoms with Gasteiger partial charge in [-0.05, 0) is 24.1 Å². The van der Waals surface area contributed by atoms with Gasteiger partial charge in [0.2, 0.25) is 0 Å². The van der Waals surface area contributed by atoms with Gasteiger partial charge in [-0.15, -0.1) is 0 Å². The predicted octanol–water partition coefficient (Wildman–Crippen LogP) is 2.44. The van der Waals surface area contributed by atoms with Crippen molar-refractivity contribution < 1.29 is 13.2 Å². The summed E-state index contributed by atoms with van der Waals surface area (Å²) in [5.41, 5.74) is 1.01. The van der Waals surface area contributed by atoms with E-state index in [9.17, 15) is 13.2 Å². The zero-order chi connectivity index (χ0) is 17.0. The molecule has 0 aliphatic carbocycles. The first-order valence-electron chi connectivity index (χ1n) is 7.93. The number of carbonyl (C=O) groups excluding carboxylic acids is 1. The van der Waals surface area contributed by atoms with E-state index < -0.39 is 15.1 Å². The third-order valence-corrected chi connectivity index (χ3v) is 6.42. The number of benzene rings is 2. The fourth-order valence-electron chi connectivity index (χ4n) is 2.85. The molecule has 126 valence electrons. The molecule has 0 radical (unpaired) electrons. The first kappa shape index (κ1) is 16.5. The monoisotopic (exact) mass is 344 g/mol. The first-order valence-corrected chi connectivity index (χ1v) is 9.47. The summed E-state index contributed by atoms with van der Waals surface area (Å²) in [6.45, 7) is 1.13. The average molecular weight is 344 g/mol. The van der Waals surface area contributed by atoms with E-state index in [0.29, 0.717) is 24.4 Å². The van der Waals surface area contributed by atoms with E-state index in [-0.39, 0.29) is 12.6 Å². The van der Waals surface area contributed by atoms with Crippen molar-refractivity contribution in [3.63, 3.8) is 0 Å². The van der Waals surface area contributed by atoms with Crippen molar-refractivity contribution in [3.05, 3.63) is 66.2 Å². The Morgan fingerprint density at radius 2 is 1.67 bits per heavy atom. The number of likely N-dealkylation sites (tertiary alicyclic amines) is 1. The average Bonchev–Trinajstić information content (AvgIpc) is 3.12. The standard InChI is InChI=1S/C18H20N2O3S/c21-18(19-13-15-7-3-1-4-8-15)20-12-11-17(14-20)24(22,23)16-9-5-2-6-10-16/h1-10,17H,11-14H2,(H,19,21)/t17-/m0/s1. The van der Waals surface area contributed by atoms with Gasteiger partial charge >= 0.3 is 6.03 Å². The third kappa shape index (κ3) is 3.59. The Hall–Kier alpha value is -2.34. The topological polar surface area (TPSA) is 66.5 Å². The van der Waals surface area contributed by atoms with E-state index in [4.69, 9.17) is 0 Å². The van der Waals surface area contributed by atoms with E-state index in [1.807, 2.05) is 30.3 Å². The quantitative estimate of drug-likeness (QED) is 0.926. The number of hydrogen-bond donors (Lipinski definition) is 1. The van der Waals surface area contributed by atoms with E-state index in [1.54, 1.807) is 35.2 Å². The van der Waals surface area contributed by atoms with Crippen molar-refractivity contribution in [2.24, 2.45) is 0 Å². The van der Waals surface area contributed by atoms with Crippen LogP contribution in [0.15, 0.2) is 65.6 Å². The summed E-state index contributed by atoms with van der Waals surface area (Å²) in [6, 6.07) is 17.8. The largest absolute Gasteiger partial charge is 0.334 e. The molecule has 1 heterocycles. The summed E-state index contributed by atoms with van der Waals surface area (Å²) in [5.74, 6) is 0. The van der Waals surface area contributed by atoms with Gasteiger partial charge in [0.25, 0.3) is 0 Å². The summed E-state index contributed by atoms with van der Waals surface area (Å²) in [6.07, 6.45) is 0.468. The number of nitrogens with one attached hydrogen (secondary N) is 1. The highest BCUT2D eigenvalue weighted by atomic mass is 32.2. The fourth-order valence-corrected chi connectivity index (χ4v) is 4.57. The number of sulfone groups is 1. The number of rotatable bonds is 4. The predicted molar refractivity (Wildman–Crippen MR) is 92.3 cm³/mol. The molecule has 2 aromatic rings. The summed E-state index contributed by atoms with van der Waals surface area (Å²) in [5, 5.41) is 2.31. The molecule has 0 saturated carbocycles. The molecule has 1 aliphatic heterocycles. The minimum atomic E-state index is -3.39. The lowest BCUT2D eigenvalue weighted by molar-refractivity contribution is 0.208. The second-order valence-electron chi connectivity index (χ2n) is 5.86. The van der Waals surface area contributed by atoms with Crippen molar-refractivity contribution in [2.45, 2.75) is 23.1 Å². The van der Waals surface area contributed by atoms with Crippen LogP contribution in [0.2, 0.25) is 0 Å². The summed E-state index contributed by atoms with van der Waals surface area (Å²) >= 11 is 0. The lowest BCUT2D eigenvalue weighted by Gasteiger charge is -2.17. The van der Waals surface area contributed by atoms with Crippen LogP contribution < -0.4 is 5.32 Å². The number of nitrogens with zero attached hydrogens (tertiary/aromatic N) is 1. The van der Waals surface area contributed by atoms with Gasteiger partial charge < -0.3 is 10.2 Å². The maximum atomic E-state index is 12.6.